The summed E-state index contributed by atoms with van der Waals surface area (Å²) < 4.78 is 30.3. The zero-order valence-corrected chi connectivity index (χ0v) is 20.3. The Hall–Kier alpha value is -3.47. The second kappa shape index (κ2) is 11.3. The van der Waals surface area contributed by atoms with E-state index in [2.05, 4.69) is 10.0 Å². The van der Waals surface area contributed by atoms with Gasteiger partial charge in [-0.2, -0.15) is 0 Å². The zero-order chi connectivity index (χ0) is 25.6. The van der Waals surface area contributed by atoms with Crippen molar-refractivity contribution in [2.24, 2.45) is 0 Å². The van der Waals surface area contributed by atoms with Gasteiger partial charge in [-0.15, -0.1) is 0 Å². The first kappa shape index (κ1) is 26.1. The molecule has 0 saturated heterocycles. The Balaban J connectivity index is 1.75. The van der Waals surface area contributed by atoms with Gasteiger partial charge in [0.2, 0.25) is 15.8 Å². The third kappa shape index (κ3) is 7.51. The molecule has 188 valence electrons. The predicted molar refractivity (Wildman–Crippen MR) is 133 cm³/mol. The van der Waals surface area contributed by atoms with Crippen molar-refractivity contribution in [1.29, 1.82) is 0 Å². The zero-order valence-electron chi connectivity index (χ0n) is 19.5. The number of hydrogen-bond acceptors (Lipinski definition) is 8. The van der Waals surface area contributed by atoms with Crippen molar-refractivity contribution >= 4 is 15.7 Å². The number of methoxy groups -OCH3 is 1. The fourth-order valence-corrected chi connectivity index (χ4v) is 4.36. The number of aromatic hydroxyl groups is 3. The van der Waals surface area contributed by atoms with E-state index in [1.807, 2.05) is 30.3 Å². The van der Waals surface area contributed by atoms with Crippen molar-refractivity contribution in [2.75, 3.05) is 24.6 Å². The van der Waals surface area contributed by atoms with Gasteiger partial charge in [-0.05, 0) is 53.8 Å². The first-order chi connectivity index (χ1) is 16.6. The van der Waals surface area contributed by atoms with Crippen LogP contribution in [0.25, 0.3) is 0 Å². The van der Waals surface area contributed by atoms with Gasteiger partial charge >= 0.3 is 0 Å². The first-order valence-corrected chi connectivity index (χ1v) is 12.8. The first-order valence-electron chi connectivity index (χ1n) is 10.9. The number of sulfonamides is 1. The molecule has 2 atom stereocenters. The highest BCUT2D eigenvalue weighted by Crippen LogP contribution is 2.38. The molecule has 6 N–H and O–H groups in total. The van der Waals surface area contributed by atoms with E-state index in [0.717, 1.165) is 11.8 Å². The van der Waals surface area contributed by atoms with E-state index in [9.17, 15) is 28.8 Å². The quantitative estimate of drug-likeness (QED) is 0.219. The fourth-order valence-electron chi connectivity index (χ4n) is 3.80. The van der Waals surface area contributed by atoms with E-state index < -0.39 is 16.1 Å². The number of nitrogens with one attached hydrogen (secondary N) is 2. The van der Waals surface area contributed by atoms with E-state index in [4.69, 9.17) is 4.74 Å². The lowest BCUT2D eigenvalue weighted by Crippen LogP contribution is -2.32. The summed E-state index contributed by atoms with van der Waals surface area (Å²) in [5, 5.41) is 44.4. The molecule has 0 bridgehead atoms. The van der Waals surface area contributed by atoms with Gasteiger partial charge in [-0.1, -0.05) is 36.4 Å². The molecule has 0 amide bonds. The number of phenols is 3. The molecule has 35 heavy (non-hydrogen) atoms. The summed E-state index contributed by atoms with van der Waals surface area (Å²) in [5.74, 6) is -0.622. The number of aliphatic hydroxyl groups excluding tert-OH is 1. The molecular formula is C25H30N2O7S. The molecule has 10 heteroatoms. The molecule has 9 nitrogen and oxygen atoms in total. The summed E-state index contributed by atoms with van der Waals surface area (Å²) in [6.45, 7) is 0.167. The van der Waals surface area contributed by atoms with Crippen LogP contribution in [-0.2, 0) is 22.9 Å². The fraction of sp³-hybridized carbons (Fsp3) is 0.280. The van der Waals surface area contributed by atoms with Crippen LogP contribution in [-0.4, -0.2) is 54.9 Å². The maximum Gasteiger partial charge on any atom is 0.229 e. The van der Waals surface area contributed by atoms with Crippen LogP contribution in [0.2, 0.25) is 0 Å². The summed E-state index contributed by atoms with van der Waals surface area (Å²) in [7, 11) is -2.22. The molecular weight excluding hydrogens is 472 g/mol. The van der Waals surface area contributed by atoms with Crippen molar-refractivity contribution < 1.29 is 33.6 Å². The normalized spacial score (nSPS) is 13.2. The highest BCUT2D eigenvalue weighted by molar-refractivity contribution is 7.92. The smallest absolute Gasteiger partial charge is 0.229 e. The number of benzene rings is 3. The average Bonchev–Trinajstić information content (AvgIpc) is 2.78. The minimum Gasteiger partial charge on any atom is -0.506 e. The molecule has 3 aromatic rings. The Morgan fingerprint density at radius 1 is 0.886 bits per heavy atom. The summed E-state index contributed by atoms with van der Waals surface area (Å²) in [5.41, 5.74) is 2.30. The van der Waals surface area contributed by atoms with Crippen molar-refractivity contribution in [3.8, 4) is 23.0 Å². The molecule has 0 radical (unpaired) electrons. The molecule has 0 aliphatic heterocycles. The highest BCUT2D eigenvalue weighted by Gasteiger charge is 2.19. The summed E-state index contributed by atoms with van der Waals surface area (Å²) >= 11 is 0. The number of aliphatic hydroxyl groups is 1. The van der Waals surface area contributed by atoms with Crippen LogP contribution >= 0.6 is 0 Å². The molecule has 0 heterocycles. The largest absolute Gasteiger partial charge is 0.506 e. The SMILES string of the molecule is COc1c(O)cc(C(Cc2ccccc2)NC[C@@H](O)Cc2ccc(O)c(NS(C)(=O)=O)c2)cc1O. The van der Waals surface area contributed by atoms with Crippen LogP contribution in [0, 0.1) is 0 Å². The lowest BCUT2D eigenvalue weighted by atomic mass is 9.97. The van der Waals surface area contributed by atoms with Gasteiger partial charge in [0, 0.05) is 12.6 Å². The van der Waals surface area contributed by atoms with Crippen LogP contribution in [0.1, 0.15) is 22.7 Å². The predicted octanol–water partition coefficient (Wildman–Crippen LogP) is 2.66. The van der Waals surface area contributed by atoms with Gasteiger partial charge in [0.1, 0.15) is 5.75 Å². The number of ether oxygens (including phenoxy) is 1. The van der Waals surface area contributed by atoms with Gasteiger partial charge in [-0.3, -0.25) is 4.72 Å². The Kier molecular flexibility index (Phi) is 8.44. The summed E-state index contributed by atoms with van der Waals surface area (Å²) in [6, 6.07) is 16.8. The molecule has 3 aromatic carbocycles. The van der Waals surface area contributed by atoms with Crippen LogP contribution in [0.5, 0.6) is 23.0 Å². The van der Waals surface area contributed by atoms with Gasteiger partial charge in [0.05, 0.1) is 25.2 Å². The molecule has 0 fully saturated rings. The van der Waals surface area contributed by atoms with Crippen LogP contribution in [0.3, 0.4) is 0 Å². The second-order valence-electron chi connectivity index (χ2n) is 8.33. The maximum atomic E-state index is 11.5. The lowest BCUT2D eigenvalue weighted by molar-refractivity contribution is 0.167. The van der Waals surface area contributed by atoms with E-state index in [1.54, 1.807) is 6.07 Å². The van der Waals surface area contributed by atoms with Gasteiger partial charge < -0.3 is 30.5 Å². The Bertz CT molecular complexity index is 1230. The third-order valence-electron chi connectivity index (χ3n) is 5.39. The van der Waals surface area contributed by atoms with Crippen molar-refractivity contribution in [3.05, 3.63) is 77.4 Å². The van der Waals surface area contributed by atoms with E-state index in [0.29, 0.717) is 17.5 Å². The van der Waals surface area contributed by atoms with Gasteiger partial charge in [0.25, 0.3) is 0 Å². The van der Waals surface area contributed by atoms with Crippen LogP contribution < -0.4 is 14.8 Å². The van der Waals surface area contributed by atoms with Gasteiger partial charge in [-0.25, -0.2) is 8.42 Å². The molecule has 0 aliphatic carbocycles. The molecule has 0 aromatic heterocycles. The third-order valence-corrected chi connectivity index (χ3v) is 5.98. The van der Waals surface area contributed by atoms with Crippen molar-refractivity contribution in [1.82, 2.24) is 5.32 Å². The molecule has 0 spiro atoms. The number of rotatable bonds is 11. The standard InChI is InChI=1S/C25H30N2O7S/c1-34-25-23(30)13-18(14-24(25)31)20(11-16-6-4-3-5-7-16)26-15-19(28)10-17-8-9-22(29)21(12-17)27-35(2,32)33/h3-9,12-14,19-20,26-31H,10-11,15H2,1-2H3/t19-,20?/m0/s1. The topological polar surface area (TPSA) is 148 Å². The number of hydrogen-bond donors (Lipinski definition) is 6. The van der Waals surface area contributed by atoms with E-state index in [1.165, 1.54) is 31.4 Å². The average molecular weight is 503 g/mol. The molecule has 0 saturated carbocycles. The monoisotopic (exact) mass is 502 g/mol. The van der Waals surface area contributed by atoms with E-state index in [-0.39, 0.29) is 47.7 Å². The molecule has 3 rings (SSSR count). The summed E-state index contributed by atoms with van der Waals surface area (Å²) in [6.07, 6.45) is 0.868. The van der Waals surface area contributed by atoms with Crippen molar-refractivity contribution in [3.63, 3.8) is 0 Å². The Morgan fingerprint density at radius 3 is 2.14 bits per heavy atom. The summed E-state index contributed by atoms with van der Waals surface area (Å²) in [4.78, 5) is 0. The van der Waals surface area contributed by atoms with E-state index >= 15 is 0 Å². The minimum absolute atomic E-state index is 0.0157. The highest BCUT2D eigenvalue weighted by atomic mass is 32.2. The second-order valence-corrected chi connectivity index (χ2v) is 10.1. The number of phenolic OH excluding ortho intramolecular Hbond substituents is 3. The number of anilines is 1. The van der Waals surface area contributed by atoms with Crippen molar-refractivity contribution in [2.45, 2.75) is 25.0 Å². The maximum absolute atomic E-state index is 11.5. The Labute approximate surface area is 204 Å². The van der Waals surface area contributed by atoms with Gasteiger partial charge in [0.15, 0.2) is 11.5 Å². The minimum atomic E-state index is -3.57. The molecule has 0 aliphatic rings. The molecule has 1 unspecified atom stereocenters. The van der Waals surface area contributed by atoms with Crippen LogP contribution in [0.15, 0.2) is 60.7 Å². The Morgan fingerprint density at radius 2 is 1.54 bits per heavy atom. The van der Waals surface area contributed by atoms with Crippen LogP contribution in [0.4, 0.5) is 5.69 Å². The lowest BCUT2D eigenvalue weighted by Gasteiger charge is -2.23.